The minimum absolute atomic E-state index is 0.112. The number of aromatic nitrogens is 1. The van der Waals surface area contributed by atoms with Crippen LogP contribution in [0.1, 0.15) is 36.6 Å². The molecule has 1 aromatic carbocycles. The van der Waals surface area contributed by atoms with Gasteiger partial charge in [-0.1, -0.05) is 0 Å². The quantitative estimate of drug-likeness (QED) is 0.756. The van der Waals surface area contributed by atoms with E-state index in [1.165, 1.54) is 6.42 Å². The van der Waals surface area contributed by atoms with Gasteiger partial charge in [-0.25, -0.2) is 0 Å². The van der Waals surface area contributed by atoms with Crippen LogP contribution >= 0.6 is 0 Å². The summed E-state index contributed by atoms with van der Waals surface area (Å²) in [6.45, 7) is 2.93. The number of fused-ring (bicyclic) bond motifs is 3. The van der Waals surface area contributed by atoms with Crippen molar-refractivity contribution in [3.63, 3.8) is 0 Å². The molecular weight excluding hydrogens is 405 g/mol. The van der Waals surface area contributed by atoms with Gasteiger partial charge in [0.1, 0.15) is 0 Å². The molecule has 143 valence electrons. The Morgan fingerprint density at radius 1 is 1.33 bits per heavy atom. The van der Waals surface area contributed by atoms with Crippen molar-refractivity contribution in [2.45, 2.75) is 50.1 Å². The summed E-state index contributed by atoms with van der Waals surface area (Å²) in [5, 5.41) is 11.6. The molecule has 1 fully saturated rings. The van der Waals surface area contributed by atoms with E-state index in [1.807, 2.05) is 18.2 Å². The van der Waals surface area contributed by atoms with Crippen LogP contribution in [-0.4, -0.2) is 45.2 Å². The van der Waals surface area contributed by atoms with Gasteiger partial charge in [0.25, 0.3) is 0 Å². The maximum atomic E-state index is 12.8. The Labute approximate surface area is 166 Å². The first-order valence-corrected chi connectivity index (χ1v) is 11.8. The molecule has 0 aliphatic carbocycles. The fourth-order valence-corrected chi connectivity index (χ4v) is 6.62. The summed E-state index contributed by atoms with van der Waals surface area (Å²) in [5.74, 6) is 0.770. The van der Waals surface area contributed by atoms with Crippen LogP contribution < -0.4 is 14.6 Å². The molecule has 2 atom stereocenters. The molecule has 0 amide bonds. The summed E-state index contributed by atoms with van der Waals surface area (Å²) in [6, 6.07) is 7.62. The normalized spacial score (nSPS) is 21.9. The van der Waals surface area contributed by atoms with Crippen LogP contribution in [0.4, 0.5) is 0 Å². The Hall–Kier alpha value is -1.55. The Bertz CT molecular complexity index is 902. The van der Waals surface area contributed by atoms with Gasteiger partial charge in [0.05, 0.1) is 0 Å². The topological polar surface area (TPSA) is 60.7 Å². The molecule has 0 saturated carbocycles. The predicted molar refractivity (Wildman–Crippen MR) is 106 cm³/mol. The molecule has 27 heavy (non-hydrogen) atoms. The van der Waals surface area contributed by atoms with Gasteiger partial charge in [-0.3, -0.25) is 0 Å². The first-order chi connectivity index (χ1) is 13.1. The summed E-state index contributed by atoms with van der Waals surface area (Å²) >= 11 is -0.146. The first-order valence-electron chi connectivity index (χ1n) is 9.49. The fraction of sp³-hybridized carbons (Fsp3) is 0.476. The Balaban J connectivity index is 1.72. The third-order valence-electron chi connectivity index (χ3n) is 5.49. The standard InChI is InChI=1S/C21H25AsNO4/c1-13-18(22-12-16-5-3-4-8-27-16)11-20(25)23-19(24)10-14-9-15(26-2)6-7-17(14)21(13)23/h6-7,9,11,16,19,24H,3-5,8,10,12H2,1-2H3. The molecule has 0 spiro atoms. The van der Waals surface area contributed by atoms with Gasteiger partial charge in [0.2, 0.25) is 0 Å². The monoisotopic (exact) mass is 430 g/mol. The molecule has 4 rings (SSSR count). The molecule has 2 aliphatic heterocycles. The van der Waals surface area contributed by atoms with E-state index in [2.05, 4.69) is 6.92 Å². The second kappa shape index (κ2) is 7.82. The molecule has 2 aliphatic rings. The number of nitrogens with zero attached hydrogens (tertiary/aromatic N) is 1. The molecule has 3 heterocycles. The fourth-order valence-electron chi connectivity index (χ4n) is 4.04. The number of aliphatic hydroxyl groups is 1. The van der Waals surface area contributed by atoms with E-state index in [9.17, 15) is 9.90 Å². The molecule has 6 heteroatoms. The molecule has 2 aromatic rings. The molecule has 5 nitrogen and oxygen atoms in total. The summed E-state index contributed by atoms with van der Waals surface area (Å²) in [4.78, 5) is 12.8. The second-order valence-electron chi connectivity index (χ2n) is 7.25. The Kier molecular flexibility index (Phi) is 5.45. The van der Waals surface area contributed by atoms with E-state index >= 15 is 0 Å². The van der Waals surface area contributed by atoms with E-state index in [0.29, 0.717) is 12.5 Å². The molecule has 1 N–H and O–H groups in total. The van der Waals surface area contributed by atoms with Crippen molar-refractivity contribution in [2.75, 3.05) is 13.7 Å². The zero-order chi connectivity index (χ0) is 19.0. The number of ether oxygens (including phenoxy) is 2. The number of aliphatic hydroxyl groups excluding tert-OH is 1. The van der Waals surface area contributed by atoms with Crippen molar-refractivity contribution in [2.24, 2.45) is 0 Å². The summed E-state index contributed by atoms with van der Waals surface area (Å²) in [6.07, 6.45) is 3.43. The number of methoxy groups -OCH3 is 1. The molecule has 1 aromatic heterocycles. The van der Waals surface area contributed by atoms with Crippen molar-refractivity contribution in [3.05, 3.63) is 45.7 Å². The number of hydrogen-bond acceptors (Lipinski definition) is 4. The Morgan fingerprint density at radius 2 is 2.19 bits per heavy atom. The van der Waals surface area contributed by atoms with Gasteiger partial charge < -0.3 is 0 Å². The number of benzene rings is 1. The van der Waals surface area contributed by atoms with Crippen molar-refractivity contribution < 1.29 is 14.6 Å². The van der Waals surface area contributed by atoms with Crippen LogP contribution in [0.3, 0.4) is 0 Å². The molecule has 1 saturated heterocycles. The summed E-state index contributed by atoms with van der Waals surface area (Å²) in [5.41, 5.74) is 3.89. The first kappa shape index (κ1) is 18.8. The van der Waals surface area contributed by atoms with Gasteiger partial charge in [0, 0.05) is 0 Å². The Morgan fingerprint density at radius 3 is 2.93 bits per heavy atom. The maximum absolute atomic E-state index is 12.8. The van der Waals surface area contributed by atoms with Crippen LogP contribution in [0.2, 0.25) is 5.21 Å². The zero-order valence-corrected chi connectivity index (χ0v) is 17.6. The van der Waals surface area contributed by atoms with E-state index < -0.39 is 6.23 Å². The van der Waals surface area contributed by atoms with Crippen molar-refractivity contribution in [3.8, 4) is 17.0 Å². The third kappa shape index (κ3) is 3.61. The van der Waals surface area contributed by atoms with Gasteiger partial charge in [0.15, 0.2) is 0 Å². The molecule has 0 bridgehead atoms. The van der Waals surface area contributed by atoms with E-state index in [0.717, 1.165) is 57.1 Å². The van der Waals surface area contributed by atoms with Crippen LogP contribution in [0.5, 0.6) is 5.75 Å². The van der Waals surface area contributed by atoms with Crippen molar-refractivity contribution in [1.82, 2.24) is 4.57 Å². The number of rotatable bonds is 4. The van der Waals surface area contributed by atoms with Crippen LogP contribution in [0.25, 0.3) is 11.3 Å². The third-order valence-corrected chi connectivity index (χ3v) is 8.41. The van der Waals surface area contributed by atoms with Crippen LogP contribution in [0, 0.1) is 6.92 Å². The van der Waals surface area contributed by atoms with E-state index in [-0.39, 0.29) is 21.3 Å². The van der Waals surface area contributed by atoms with Gasteiger partial charge in [-0.15, -0.1) is 0 Å². The van der Waals surface area contributed by atoms with Crippen molar-refractivity contribution >= 4 is 20.1 Å². The molecule has 1 radical (unpaired) electrons. The second-order valence-corrected chi connectivity index (χ2v) is 9.69. The van der Waals surface area contributed by atoms with Crippen LogP contribution in [-0.2, 0) is 11.2 Å². The van der Waals surface area contributed by atoms with Gasteiger partial charge in [-0.2, -0.15) is 0 Å². The SMILES string of the molecule is COc1ccc2c(c1)CC(O)n1c-2c(C)c([As]CC2CCCCO2)cc1=O. The number of hydrogen-bond donors (Lipinski definition) is 1. The molecular formula is C21H25AsNO4. The van der Waals surface area contributed by atoms with Crippen molar-refractivity contribution in [1.29, 1.82) is 0 Å². The zero-order valence-electron chi connectivity index (χ0n) is 15.8. The number of pyridine rings is 1. The predicted octanol–water partition coefficient (Wildman–Crippen LogP) is 2.20. The minimum atomic E-state index is -0.835. The van der Waals surface area contributed by atoms with E-state index in [1.54, 1.807) is 17.7 Å². The van der Waals surface area contributed by atoms with Gasteiger partial charge in [-0.05, 0) is 0 Å². The van der Waals surface area contributed by atoms with Gasteiger partial charge >= 0.3 is 166 Å². The molecule has 2 unspecified atom stereocenters. The summed E-state index contributed by atoms with van der Waals surface area (Å²) < 4.78 is 13.9. The van der Waals surface area contributed by atoms with E-state index in [4.69, 9.17) is 9.47 Å². The summed E-state index contributed by atoms with van der Waals surface area (Å²) in [7, 11) is 1.64. The average molecular weight is 430 g/mol. The average Bonchev–Trinajstić information content (AvgIpc) is 2.69. The van der Waals surface area contributed by atoms with Crippen LogP contribution in [0.15, 0.2) is 29.1 Å².